The highest BCUT2D eigenvalue weighted by atomic mass is 32.2. The van der Waals surface area contributed by atoms with Crippen molar-refractivity contribution in [1.82, 2.24) is 0 Å². The van der Waals surface area contributed by atoms with E-state index in [2.05, 4.69) is 29.8 Å². The van der Waals surface area contributed by atoms with Crippen LogP contribution in [-0.2, 0) is 29.6 Å². The summed E-state index contributed by atoms with van der Waals surface area (Å²) in [5, 5.41) is 59.3. The van der Waals surface area contributed by atoms with Crippen molar-refractivity contribution in [2.75, 3.05) is 18.9 Å². The molecular weight excluding hydrogens is 723 g/mol. The Labute approximate surface area is 286 Å². The zero-order valence-electron chi connectivity index (χ0n) is 25.1. The van der Waals surface area contributed by atoms with E-state index in [1.165, 1.54) is 30.3 Å². The number of azo groups is 2. The Morgan fingerprint density at radius 2 is 1.54 bits per heavy atom. The van der Waals surface area contributed by atoms with Gasteiger partial charge in [-0.1, -0.05) is 17.2 Å². The summed E-state index contributed by atoms with van der Waals surface area (Å²) in [5.41, 5.74) is 5.75. The molecule has 1 atom stereocenters. The summed E-state index contributed by atoms with van der Waals surface area (Å²) in [7, 11) is -9.41. The summed E-state index contributed by atoms with van der Waals surface area (Å²) in [4.78, 5) is -1.18. The number of fused-ring (bicyclic) bond motifs is 2. The Morgan fingerprint density at radius 3 is 2.22 bits per heavy atom. The molecule has 0 saturated heterocycles. The van der Waals surface area contributed by atoms with Crippen LogP contribution in [0.2, 0.25) is 0 Å². The van der Waals surface area contributed by atoms with Crippen molar-refractivity contribution < 1.29 is 60.6 Å². The summed E-state index contributed by atoms with van der Waals surface area (Å²) < 4.78 is 76.7. The van der Waals surface area contributed by atoms with E-state index in [-0.39, 0.29) is 50.4 Å². The number of phenols is 1. The lowest BCUT2D eigenvalue weighted by Crippen LogP contribution is -2.21. The first kappa shape index (κ1) is 36.5. The van der Waals surface area contributed by atoms with Crippen molar-refractivity contribution in [1.29, 1.82) is 0 Å². The first-order valence-electron chi connectivity index (χ1n) is 13.8. The van der Waals surface area contributed by atoms with Gasteiger partial charge in [0, 0.05) is 22.2 Å². The molecule has 5 aromatic carbocycles. The van der Waals surface area contributed by atoms with Crippen LogP contribution < -0.4 is 10.5 Å². The van der Waals surface area contributed by atoms with Crippen LogP contribution >= 0.6 is 12.0 Å². The largest absolute Gasteiger partial charge is 0.505 e. The number of anilines is 1. The molecule has 0 aromatic heterocycles. The molecule has 5 rings (SSSR count). The maximum absolute atomic E-state index is 12.0. The van der Waals surface area contributed by atoms with E-state index in [9.17, 15) is 36.2 Å². The van der Waals surface area contributed by atoms with Crippen LogP contribution in [0.15, 0.2) is 108 Å². The monoisotopic (exact) mass is 747 g/mol. The topological polar surface area (TPSA) is 293 Å². The average Bonchev–Trinajstić information content (AvgIpc) is 3.07. The number of nitrogens with zero attached hydrogens (tertiary/aromatic N) is 4. The molecule has 0 amide bonds. The number of hydrogen-bond acceptors (Lipinski definition) is 17. The second-order valence-electron chi connectivity index (χ2n) is 10.2. The maximum Gasteiger partial charge on any atom is 0.296 e. The molecule has 0 aliphatic carbocycles. The number of phenolic OH excluding ortho intramolecular Hbond substituents is 1. The number of hydrogen-bond donors (Lipinski definition) is 7. The number of aromatic hydroxyl groups is 1. The van der Waals surface area contributed by atoms with Crippen molar-refractivity contribution in [3.63, 3.8) is 0 Å². The minimum atomic E-state index is -4.74. The van der Waals surface area contributed by atoms with E-state index in [1.54, 1.807) is 18.2 Å². The molecule has 0 heterocycles. The first-order valence-corrected chi connectivity index (χ1v) is 17.4. The van der Waals surface area contributed by atoms with Gasteiger partial charge in [-0.3, -0.25) is 9.11 Å². The third-order valence-electron chi connectivity index (χ3n) is 6.86. The van der Waals surface area contributed by atoms with E-state index >= 15 is 0 Å². The van der Waals surface area contributed by atoms with Crippen molar-refractivity contribution in [3.8, 4) is 11.5 Å². The number of ether oxygens (including phenoxy) is 1. The van der Waals surface area contributed by atoms with Gasteiger partial charge in [-0.2, -0.15) is 21.9 Å². The fourth-order valence-electron chi connectivity index (χ4n) is 4.55. The lowest BCUT2D eigenvalue weighted by Gasteiger charge is -2.12. The predicted octanol–water partition coefficient (Wildman–Crippen LogP) is 5.77. The van der Waals surface area contributed by atoms with Gasteiger partial charge in [0.05, 0.1) is 51.2 Å². The molecule has 18 nitrogen and oxygen atoms in total. The van der Waals surface area contributed by atoms with Gasteiger partial charge in [-0.05, 0) is 60.0 Å². The molecule has 5 aromatic rings. The average molecular weight is 748 g/mol. The fourth-order valence-corrected chi connectivity index (χ4v) is 6.19. The van der Waals surface area contributed by atoms with E-state index in [0.717, 1.165) is 24.3 Å². The first-order chi connectivity index (χ1) is 23.7. The highest BCUT2D eigenvalue weighted by Gasteiger charge is 2.21. The Balaban J connectivity index is 1.60. The van der Waals surface area contributed by atoms with E-state index in [0.29, 0.717) is 28.9 Å². The highest BCUT2D eigenvalue weighted by molar-refractivity contribution is 7.94. The Bertz CT molecular complexity index is 2370. The Hall–Kier alpha value is -4.81. The summed E-state index contributed by atoms with van der Waals surface area (Å²) >= 11 is 0.350. The normalized spacial score (nSPS) is 13.1. The predicted molar refractivity (Wildman–Crippen MR) is 178 cm³/mol. The summed E-state index contributed by atoms with van der Waals surface area (Å²) in [6.45, 7) is -0.635. The van der Waals surface area contributed by atoms with Crippen LogP contribution in [0.3, 0.4) is 0 Å². The molecule has 0 fully saturated rings. The number of nitrogens with two attached hydrogens (primary N) is 1. The third kappa shape index (κ3) is 8.31. The lowest BCUT2D eigenvalue weighted by molar-refractivity contribution is -0.432. The second-order valence-corrected chi connectivity index (χ2v) is 13.8. The molecule has 8 N–H and O–H groups in total. The zero-order valence-corrected chi connectivity index (χ0v) is 27.5. The molecule has 0 saturated carbocycles. The van der Waals surface area contributed by atoms with Gasteiger partial charge < -0.3 is 25.8 Å². The van der Waals surface area contributed by atoms with Crippen molar-refractivity contribution in [2.45, 2.75) is 20.8 Å². The van der Waals surface area contributed by atoms with Gasteiger partial charge in [0.2, 0.25) is 0 Å². The van der Waals surface area contributed by atoms with Gasteiger partial charge in [-0.15, -0.1) is 19.7 Å². The molecule has 50 heavy (non-hydrogen) atoms. The zero-order chi connectivity index (χ0) is 36.2. The molecule has 0 radical (unpaired) electrons. The smallest absolute Gasteiger partial charge is 0.296 e. The van der Waals surface area contributed by atoms with E-state index in [4.69, 9.17) is 20.8 Å². The number of nitrogen functional groups attached to an aromatic ring is 1. The second kappa shape index (κ2) is 15.0. The molecule has 0 aliphatic rings. The third-order valence-corrected chi connectivity index (χ3v) is 9.23. The molecule has 21 heteroatoms. The number of aliphatic hydroxyl groups is 2. The van der Waals surface area contributed by atoms with Gasteiger partial charge in [0.15, 0.2) is 5.75 Å². The van der Waals surface area contributed by atoms with Crippen molar-refractivity contribution in [2.24, 2.45) is 20.5 Å². The van der Waals surface area contributed by atoms with Crippen LogP contribution in [0.1, 0.15) is 0 Å². The summed E-state index contributed by atoms with van der Waals surface area (Å²) in [6, 6.07) is 16.2. The number of benzene rings is 5. The minimum absolute atomic E-state index is 0.00793. The number of rotatable bonds is 13. The molecule has 262 valence electrons. The standard InChI is InChI=1S/C29H25N5O13S3/c30-23-12-21-15(9-27(23)50(42,43)44)8-26(48-47-46-38)28(29(21)37)34-33-25-7-6-24(20-5-4-19(11-22(20)25)49(39,40)41)32-31-16-2-1-3-18(10-16)45-14-17(36)13-35/h1-12,17,35-38H,13-14,30H2,(H,39,40,41)(H,42,43,44)/b32-31+,34-33+. The SMILES string of the molecule is Nc1cc2c(O)c(/N=N/c3ccc(/N=N/c4cccc(OCC(O)CO)c4)c4ccc(S(=O)(=O)O)cc34)c(SOOO)cc2cc1S(=O)(=O)O. The summed E-state index contributed by atoms with van der Waals surface area (Å²) in [6.07, 6.45) is -1.08. The maximum atomic E-state index is 12.0. The van der Waals surface area contributed by atoms with Crippen LogP contribution in [-0.4, -0.2) is 65.8 Å². The van der Waals surface area contributed by atoms with Gasteiger partial charge >= 0.3 is 0 Å². The lowest BCUT2D eigenvalue weighted by atomic mass is 10.1. The van der Waals surface area contributed by atoms with Crippen LogP contribution in [0, 0.1) is 0 Å². The van der Waals surface area contributed by atoms with Crippen molar-refractivity contribution >= 4 is 82.3 Å². The highest BCUT2D eigenvalue weighted by Crippen LogP contribution is 2.46. The van der Waals surface area contributed by atoms with Crippen LogP contribution in [0.25, 0.3) is 21.5 Å². The van der Waals surface area contributed by atoms with Crippen LogP contribution in [0.5, 0.6) is 11.5 Å². The quantitative estimate of drug-likeness (QED) is 0.0188. The molecule has 1 unspecified atom stereocenters. The van der Waals surface area contributed by atoms with E-state index < -0.39 is 48.5 Å². The molecule has 0 spiro atoms. The molecular formula is C29H25N5O13S3. The van der Waals surface area contributed by atoms with Crippen LogP contribution in [0.4, 0.5) is 28.4 Å². The number of aliphatic hydroxyl groups excluding tert-OH is 2. The van der Waals surface area contributed by atoms with Crippen molar-refractivity contribution in [3.05, 3.63) is 72.8 Å². The van der Waals surface area contributed by atoms with Gasteiger partial charge in [-0.25, -0.2) is 5.26 Å². The minimum Gasteiger partial charge on any atom is -0.505 e. The Morgan fingerprint density at radius 1 is 0.820 bits per heavy atom. The summed E-state index contributed by atoms with van der Waals surface area (Å²) in [5.74, 6) is -0.228. The van der Waals surface area contributed by atoms with Gasteiger partial charge in [0.1, 0.15) is 29.0 Å². The molecule has 0 bridgehead atoms. The van der Waals surface area contributed by atoms with Gasteiger partial charge in [0.25, 0.3) is 20.2 Å². The Kier molecular flexibility index (Phi) is 10.9. The fraction of sp³-hybridized carbons (Fsp3) is 0.103. The van der Waals surface area contributed by atoms with E-state index in [1.807, 2.05) is 0 Å². The molecule has 0 aliphatic heterocycles.